The third-order valence-electron chi connectivity index (χ3n) is 2.91. The molecule has 5 heteroatoms. The van der Waals surface area contributed by atoms with Gasteiger partial charge in [0.25, 0.3) is 0 Å². The molecule has 0 atom stereocenters. The van der Waals surface area contributed by atoms with Gasteiger partial charge in [0.15, 0.2) is 11.7 Å². The minimum Gasteiger partial charge on any atom is -0.469 e. The fourth-order valence-electron chi connectivity index (χ4n) is 1.85. The smallest absolute Gasteiger partial charge is 0.194 e. The van der Waals surface area contributed by atoms with Gasteiger partial charge < -0.3 is 18.9 Å². The van der Waals surface area contributed by atoms with Gasteiger partial charge in [0, 0.05) is 20.1 Å². The topological polar surface area (TPSA) is 60.4 Å². The Labute approximate surface area is 113 Å². The Bertz CT molecular complexity index is 490. The highest BCUT2D eigenvalue weighted by molar-refractivity contribution is 5.58. The molecule has 0 aromatic carbocycles. The van der Waals surface area contributed by atoms with E-state index in [4.69, 9.17) is 13.6 Å². The van der Waals surface area contributed by atoms with Crippen molar-refractivity contribution in [1.82, 2.24) is 10.3 Å². The Morgan fingerprint density at radius 2 is 2.26 bits per heavy atom. The molecular weight excluding hydrogens is 244 g/mol. The van der Waals surface area contributed by atoms with Crippen LogP contribution in [0.15, 0.2) is 27.4 Å². The van der Waals surface area contributed by atoms with E-state index in [1.165, 1.54) is 0 Å². The maximum Gasteiger partial charge on any atom is 0.194 e. The summed E-state index contributed by atoms with van der Waals surface area (Å²) in [6.07, 6.45) is 5.24. The quantitative estimate of drug-likeness (QED) is 0.742. The van der Waals surface area contributed by atoms with Gasteiger partial charge >= 0.3 is 0 Å². The average molecular weight is 264 g/mol. The summed E-state index contributed by atoms with van der Waals surface area (Å²) in [5, 5.41) is 3.29. The molecule has 0 aliphatic heterocycles. The van der Waals surface area contributed by atoms with Crippen molar-refractivity contribution in [1.29, 1.82) is 0 Å². The van der Waals surface area contributed by atoms with Crippen LogP contribution >= 0.6 is 0 Å². The molecule has 2 aromatic heterocycles. The SMILES string of the molecule is COCCNCCCc1ncc(-c2ccoc2C)o1. The van der Waals surface area contributed by atoms with E-state index < -0.39 is 0 Å². The molecule has 2 heterocycles. The largest absolute Gasteiger partial charge is 0.469 e. The first-order chi connectivity index (χ1) is 9.31. The fourth-order valence-corrected chi connectivity index (χ4v) is 1.85. The predicted molar refractivity (Wildman–Crippen MR) is 72.0 cm³/mol. The monoisotopic (exact) mass is 264 g/mol. The molecular formula is C14H20N2O3. The van der Waals surface area contributed by atoms with Gasteiger partial charge in [0.05, 0.1) is 24.6 Å². The molecule has 0 aliphatic carbocycles. The molecule has 0 bridgehead atoms. The first-order valence-electron chi connectivity index (χ1n) is 6.50. The van der Waals surface area contributed by atoms with Crippen molar-refractivity contribution in [2.45, 2.75) is 19.8 Å². The summed E-state index contributed by atoms with van der Waals surface area (Å²) in [4.78, 5) is 4.29. The van der Waals surface area contributed by atoms with Crippen LogP contribution in [0.1, 0.15) is 18.1 Å². The molecule has 19 heavy (non-hydrogen) atoms. The maximum atomic E-state index is 5.71. The lowest BCUT2D eigenvalue weighted by Crippen LogP contribution is -2.20. The molecule has 0 saturated heterocycles. The van der Waals surface area contributed by atoms with Gasteiger partial charge in [-0.25, -0.2) is 4.98 Å². The Balaban J connectivity index is 1.77. The summed E-state index contributed by atoms with van der Waals surface area (Å²) < 4.78 is 15.9. The third kappa shape index (κ3) is 3.94. The second-order valence-electron chi connectivity index (χ2n) is 4.36. The van der Waals surface area contributed by atoms with Crippen molar-refractivity contribution >= 4 is 0 Å². The first kappa shape index (κ1) is 13.8. The van der Waals surface area contributed by atoms with E-state index in [0.29, 0.717) is 0 Å². The van der Waals surface area contributed by atoms with Crippen molar-refractivity contribution in [3.63, 3.8) is 0 Å². The highest BCUT2D eigenvalue weighted by Crippen LogP contribution is 2.25. The average Bonchev–Trinajstić information content (AvgIpc) is 3.02. The Morgan fingerprint density at radius 3 is 3.00 bits per heavy atom. The summed E-state index contributed by atoms with van der Waals surface area (Å²) in [5.74, 6) is 2.39. The van der Waals surface area contributed by atoms with Crippen LogP contribution < -0.4 is 5.32 Å². The van der Waals surface area contributed by atoms with Crippen LogP contribution in [-0.2, 0) is 11.2 Å². The van der Waals surface area contributed by atoms with E-state index in [1.807, 2.05) is 13.0 Å². The van der Waals surface area contributed by atoms with E-state index in [1.54, 1.807) is 19.6 Å². The second-order valence-corrected chi connectivity index (χ2v) is 4.36. The van der Waals surface area contributed by atoms with Gasteiger partial charge in [-0.3, -0.25) is 0 Å². The van der Waals surface area contributed by atoms with Crippen LogP contribution in [0.25, 0.3) is 11.3 Å². The number of oxazole rings is 1. The number of hydrogen-bond acceptors (Lipinski definition) is 5. The highest BCUT2D eigenvalue weighted by atomic mass is 16.5. The molecule has 5 nitrogen and oxygen atoms in total. The second kappa shape index (κ2) is 7.11. The number of furan rings is 1. The van der Waals surface area contributed by atoms with Crippen molar-refractivity contribution in [3.05, 3.63) is 30.2 Å². The zero-order chi connectivity index (χ0) is 13.5. The van der Waals surface area contributed by atoms with Gasteiger partial charge in [-0.15, -0.1) is 0 Å². The molecule has 0 amide bonds. The minimum atomic E-state index is 0.739. The normalized spacial score (nSPS) is 11.1. The summed E-state index contributed by atoms with van der Waals surface area (Å²) in [6.45, 7) is 4.47. The molecule has 2 rings (SSSR count). The molecule has 0 saturated carbocycles. The zero-order valence-corrected chi connectivity index (χ0v) is 11.4. The number of ether oxygens (including phenoxy) is 1. The number of methoxy groups -OCH3 is 1. The van der Waals surface area contributed by atoms with Crippen LogP contribution in [0, 0.1) is 6.92 Å². The number of rotatable bonds is 8. The lowest BCUT2D eigenvalue weighted by Gasteiger charge is -2.01. The minimum absolute atomic E-state index is 0.739. The van der Waals surface area contributed by atoms with E-state index in [-0.39, 0.29) is 0 Å². The number of nitrogens with one attached hydrogen (secondary N) is 1. The van der Waals surface area contributed by atoms with Crippen molar-refractivity contribution in [3.8, 4) is 11.3 Å². The molecule has 0 unspecified atom stereocenters. The fraction of sp³-hybridized carbons (Fsp3) is 0.500. The van der Waals surface area contributed by atoms with Crippen molar-refractivity contribution in [2.75, 3.05) is 26.8 Å². The maximum absolute atomic E-state index is 5.71. The zero-order valence-electron chi connectivity index (χ0n) is 11.4. The molecule has 0 aliphatic rings. The van der Waals surface area contributed by atoms with E-state index >= 15 is 0 Å². The lowest BCUT2D eigenvalue weighted by molar-refractivity contribution is 0.199. The standard InChI is InChI=1S/C14H20N2O3/c1-11-12(5-8-18-11)13-10-16-14(19-13)4-3-6-15-7-9-17-2/h5,8,10,15H,3-4,6-7,9H2,1-2H3. The predicted octanol–water partition coefficient (Wildman–Crippen LogP) is 2.41. The van der Waals surface area contributed by atoms with Crippen LogP contribution in [0.2, 0.25) is 0 Å². The molecule has 0 radical (unpaired) electrons. The number of hydrogen-bond donors (Lipinski definition) is 1. The van der Waals surface area contributed by atoms with E-state index in [9.17, 15) is 0 Å². The van der Waals surface area contributed by atoms with Crippen molar-refractivity contribution < 1.29 is 13.6 Å². The molecule has 0 fully saturated rings. The summed E-state index contributed by atoms with van der Waals surface area (Å²) in [6, 6.07) is 1.89. The summed E-state index contributed by atoms with van der Waals surface area (Å²) >= 11 is 0. The Hall–Kier alpha value is -1.59. The van der Waals surface area contributed by atoms with Gasteiger partial charge in [0.2, 0.25) is 0 Å². The van der Waals surface area contributed by atoms with Crippen LogP contribution in [-0.4, -0.2) is 31.8 Å². The molecule has 1 N–H and O–H groups in total. The van der Waals surface area contributed by atoms with Gasteiger partial charge in [0.1, 0.15) is 5.76 Å². The highest BCUT2D eigenvalue weighted by Gasteiger charge is 2.10. The first-order valence-corrected chi connectivity index (χ1v) is 6.50. The molecule has 0 spiro atoms. The van der Waals surface area contributed by atoms with Gasteiger partial charge in [-0.2, -0.15) is 0 Å². The number of aryl methyl sites for hydroxylation is 2. The van der Waals surface area contributed by atoms with E-state index in [0.717, 1.165) is 55.5 Å². The van der Waals surface area contributed by atoms with Crippen LogP contribution in [0.4, 0.5) is 0 Å². The number of aromatic nitrogens is 1. The lowest BCUT2D eigenvalue weighted by atomic mass is 10.2. The van der Waals surface area contributed by atoms with Crippen LogP contribution in [0.5, 0.6) is 0 Å². The van der Waals surface area contributed by atoms with Gasteiger partial charge in [-0.1, -0.05) is 0 Å². The van der Waals surface area contributed by atoms with E-state index in [2.05, 4.69) is 10.3 Å². The Morgan fingerprint density at radius 1 is 1.37 bits per heavy atom. The van der Waals surface area contributed by atoms with Gasteiger partial charge in [-0.05, 0) is 26.0 Å². The van der Waals surface area contributed by atoms with Crippen LogP contribution in [0.3, 0.4) is 0 Å². The summed E-state index contributed by atoms with van der Waals surface area (Å²) in [5.41, 5.74) is 0.969. The molecule has 104 valence electrons. The van der Waals surface area contributed by atoms with Crippen molar-refractivity contribution in [2.24, 2.45) is 0 Å². The molecule has 2 aromatic rings. The summed E-state index contributed by atoms with van der Waals surface area (Å²) in [7, 11) is 1.70. The number of nitrogens with zero attached hydrogens (tertiary/aromatic N) is 1. The Kier molecular flexibility index (Phi) is 5.18. The third-order valence-corrected chi connectivity index (χ3v) is 2.91.